The fourth-order valence-electron chi connectivity index (χ4n) is 3.30. The summed E-state index contributed by atoms with van der Waals surface area (Å²) in [4.78, 5) is 6.82. The number of ether oxygens (including phenoxy) is 1. The number of nitrogens with zero attached hydrogens (tertiary/aromatic N) is 2. The number of thiazole rings is 1. The second kappa shape index (κ2) is 5.92. The molecule has 6 nitrogen and oxygen atoms in total. The van der Waals surface area contributed by atoms with Crippen molar-refractivity contribution in [3.05, 3.63) is 16.1 Å². The third-order valence-corrected chi connectivity index (χ3v) is 5.58. The van der Waals surface area contributed by atoms with E-state index in [0.717, 1.165) is 30.1 Å². The van der Waals surface area contributed by atoms with E-state index in [9.17, 15) is 8.42 Å². The zero-order valence-electron chi connectivity index (χ0n) is 12.3. The molecule has 1 N–H and O–H groups in total. The van der Waals surface area contributed by atoms with Gasteiger partial charge in [0.15, 0.2) is 0 Å². The molecule has 1 aromatic rings. The molecule has 21 heavy (non-hydrogen) atoms. The highest BCUT2D eigenvalue weighted by molar-refractivity contribution is 7.88. The van der Waals surface area contributed by atoms with Crippen LogP contribution in [-0.2, 0) is 21.3 Å². The van der Waals surface area contributed by atoms with Crippen molar-refractivity contribution in [2.75, 3.05) is 19.4 Å². The third kappa shape index (κ3) is 3.62. The van der Waals surface area contributed by atoms with Crippen LogP contribution in [0.4, 0.5) is 0 Å². The SMILES string of the molecule is Cc1nc(CN2C[C@@H](NS(C)(=O)=O)[C@H]3OCCC[C@H]32)cs1. The number of hydrogen-bond acceptors (Lipinski definition) is 6. The predicted octanol–water partition coefficient (Wildman–Crippen LogP) is 0.733. The van der Waals surface area contributed by atoms with E-state index >= 15 is 0 Å². The molecule has 118 valence electrons. The molecule has 3 atom stereocenters. The van der Waals surface area contributed by atoms with E-state index in [4.69, 9.17) is 4.74 Å². The smallest absolute Gasteiger partial charge is 0.209 e. The van der Waals surface area contributed by atoms with Crippen LogP contribution in [-0.4, -0.2) is 55.9 Å². The van der Waals surface area contributed by atoms with Crippen LogP contribution in [0.1, 0.15) is 23.5 Å². The maximum atomic E-state index is 11.5. The largest absolute Gasteiger partial charge is 0.375 e. The minimum absolute atomic E-state index is 0.0480. The van der Waals surface area contributed by atoms with Gasteiger partial charge in [0, 0.05) is 31.1 Å². The quantitative estimate of drug-likeness (QED) is 0.881. The van der Waals surface area contributed by atoms with Gasteiger partial charge in [-0.1, -0.05) is 0 Å². The fraction of sp³-hybridized carbons (Fsp3) is 0.769. The Bertz CT molecular complexity index is 602. The summed E-state index contributed by atoms with van der Waals surface area (Å²) in [6, 6.07) is 0.116. The van der Waals surface area contributed by atoms with E-state index in [0.29, 0.717) is 13.2 Å². The summed E-state index contributed by atoms with van der Waals surface area (Å²) >= 11 is 1.65. The second-order valence-electron chi connectivity index (χ2n) is 5.83. The van der Waals surface area contributed by atoms with Gasteiger partial charge < -0.3 is 4.74 Å². The Balaban J connectivity index is 1.74. The molecule has 3 rings (SSSR count). The first-order valence-corrected chi connectivity index (χ1v) is 9.93. The van der Waals surface area contributed by atoms with Gasteiger partial charge in [0.25, 0.3) is 0 Å². The van der Waals surface area contributed by atoms with Gasteiger partial charge >= 0.3 is 0 Å². The molecule has 0 spiro atoms. The molecule has 0 amide bonds. The Labute approximate surface area is 129 Å². The molecule has 2 aliphatic rings. The Morgan fingerprint density at radius 2 is 2.38 bits per heavy atom. The molecule has 0 aliphatic carbocycles. The number of aromatic nitrogens is 1. The van der Waals surface area contributed by atoms with Crippen LogP contribution < -0.4 is 4.72 Å². The molecule has 2 aliphatic heterocycles. The number of hydrogen-bond donors (Lipinski definition) is 1. The minimum Gasteiger partial charge on any atom is -0.375 e. The molecule has 2 saturated heterocycles. The van der Waals surface area contributed by atoms with Crippen LogP contribution in [0.25, 0.3) is 0 Å². The van der Waals surface area contributed by atoms with Crippen molar-refractivity contribution in [3.63, 3.8) is 0 Å². The summed E-state index contributed by atoms with van der Waals surface area (Å²) < 4.78 is 31.6. The van der Waals surface area contributed by atoms with E-state index in [1.807, 2.05) is 6.92 Å². The molecular formula is C13H21N3O3S2. The van der Waals surface area contributed by atoms with Crippen molar-refractivity contribution in [1.29, 1.82) is 0 Å². The molecule has 0 radical (unpaired) electrons. The maximum Gasteiger partial charge on any atom is 0.209 e. The molecule has 0 saturated carbocycles. The Kier molecular flexibility index (Phi) is 4.33. The zero-order valence-corrected chi connectivity index (χ0v) is 13.9. The van der Waals surface area contributed by atoms with Gasteiger partial charge in [-0.05, 0) is 19.8 Å². The van der Waals surface area contributed by atoms with Gasteiger partial charge in [0.1, 0.15) is 0 Å². The van der Waals surface area contributed by atoms with Crippen LogP contribution >= 0.6 is 11.3 Å². The number of aryl methyl sites for hydroxylation is 1. The normalized spacial score (nSPS) is 30.5. The first-order chi connectivity index (χ1) is 9.92. The second-order valence-corrected chi connectivity index (χ2v) is 8.67. The third-order valence-electron chi connectivity index (χ3n) is 4.03. The number of sulfonamides is 1. The first kappa shape index (κ1) is 15.4. The van der Waals surface area contributed by atoms with Crippen molar-refractivity contribution in [2.24, 2.45) is 0 Å². The Morgan fingerprint density at radius 1 is 1.57 bits per heavy atom. The van der Waals surface area contributed by atoms with Gasteiger partial charge in [-0.25, -0.2) is 18.1 Å². The predicted molar refractivity (Wildman–Crippen MR) is 81.8 cm³/mol. The minimum atomic E-state index is -3.22. The van der Waals surface area contributed by atoms with Crippen molar-refractivity contribution >= 4 is 21.4 Å². The molecule has 8 heteroatoms. The van der Waals surface area contributed by atoms with Crippen LogP contribution in [0.2, 0.25) is 0 Å². The topological polar surface area (TPSA) is 71.5 Å². The standard InChI is InChI=1S/C13H21N3O3S2/c1-9-14-10(8-20-9)6-16-7-11(15-21(2,17)18)13-12(16)4-3-5-19-13/h8,11-13,15H,3-7H2,1-2H3/t11-,12-,13-/m1/s1. The number of nitrogens with one attached hydrogen (secondary N) is 1. The van der Waals surface area contributed by atoms with Crippen molar-refractivity contribution in [3.8, 4) is 0 Å². The Morgan fingerprint density at radius 3 is 3.05 bits per heavy atom. The van der Waals surface area contributed by atoms with Gasteiger partial charge in [-0.2, -0.15) is 0 Å². The van der Waals surface area contributed by atoms with Gasteiger partial charge in [-0.15, -0.1) is 11.3 Å². The van der Waals surface area contributed by atoms with E-state index < -0.39 is 10.0 Å². The summed E-state index contributed by atoms with van der Waals surface area (Å²) in [6.45, 7) is 4.15. The monoisotopic (exact) mass is 331 g/mol. The summed E-state index contributed by atoms with van der Waals surface area (Å²) in [5.74, 6) is 0. The molecular weight excluding hydrogens is 310 g/mol. The Hall–Kier alpha value is -0.540. The molecule has 3 heterocycles. The zero-order chi connectivity index (χ0) is 15.0. The molecule has 2 fully saturated rings. The molecule has 1 aromatic heterocycles. The number of rotatable bonds is 4. The number of likely N-dealkylation sites (tertiary alicyclic amines) is 1. The van der Waals surface area contributed by atoms with Crippen molar-refractivity contribution < 1.29 is 13.2 Å². The maximum absolute atomic E-state index is 11.5. The number of fused-ring (bicyclic) bond motifs is 1. The van der Waals surface area contributed by atoms with E-state index in [1.54, 1.807) is 11.3 Å². The lowest BCUT2D eigenvalue weighted by Crippen LogP contribution is -2.47. The van der Waals surface area contributed by atoms with Crippen LogP contribution in [0.15, 0.2) is 5.38 Å². The van der Waals surface area contributed by atoms with E-state index in [1.165, 1.54) is 6.26 Å². The highest BCUT2D eigenvalue weighted by Crippen LogP contribution is 2.30. The highest BCUT2D eigenvalue weighted by Gasteiger charge is 2.44. The lowest BCUT2D eigenvalue weighted by molar-refractivity contribution is -0.0195. The molecule has 0 aromatic carbocycles. The lowest BCUT2D eigenvalue weighted by atomic mass is 10.0. The van der Waals surface area contributed by atoms with Crippen LogP contribution in [0.5, 0.6) is 0 Å². The average Bonchev–Trinajstić information content (AvgIpc) is 2.94. The van der Waals surface area contributed by atoms with Crippen LogP contribution in [0.3, 0.4) is 0 Å². The lowest BCUT2D eigenvalue weighted by Gasteiger charge is -2.32. The highest BCUT2D eigenvalue weighted by atomic mass is 32.2. The first-order valence-electron chi connectivity index (χ1n) is 7.16. The summed E-state index contributed by atoms with van der Waals surface area (Å²) in [6.07, 6.45) is 3.24. The van der Waals surface area contributed by atoms with Gasteiger partial charge in [0.2, 0.25) is 10.0 Å². The van der Waals surface area contributed by atoms with Gasteiger partial charge in [-0.3, -0.25) is 4.90 Å². The van der Waals surface area contributed by atoms with E-state index in [-0.39, 0.29) is 18.2 Å². The average molecular weight is 331 g/mol. The fourth-order valence-corrected chi connectivity index (χ4v) is 4.67. The summed E-state index contributed by atoms with van der Waals surface area (Å²) in [5, 5.41) is 3.14. The van der Waals surface area contributed by atoms with E-state index in [2.05, 4.69) is 20.0 Å². The van der Waals surface area contributed by atoms with Gasteiger partial charge in [0.05, 0.1) is 29.1 Å². The molecule has 0 unspecified atom stereocenters. The molecule has 0 bridgehead atoms. The van der Waals surface area contributed by atoms with Crippen LogP contribution in [0, 0.1) is 6.92 Å². The summed E-state index contributed by atoms with van der Waals surface area (Å²) in [7, 11) is -3.22. The van der Waals surface area contributed by atoms with Crippen molar-refractivity contribution in [2.45, 2.75) is 44.5 Å². The summed E-state index contributed by atoms with van der Waals surface area (Å²) in [5.41, 5.74) is 1.06. The van der Waals surface area contributed by atoms with Crippen molar-refractivity contribution in [1.82, 2.24) is 14.6 Å².